The van der Waals surface area contributed by atoms with E-state index >= 15 is 0 Å². The van der Waals surface area contributed by atoms with Gasteiger partial charge in [0, 0.05) is 13.1 Å². The van der Waals surface area contributed by atoms with Gasteiger partial charge in [-0.3, -0.25) is 0 Å². The summed E-state index contributed by atoms with van der Waals surface area (Å²) in [6.07, 6.45) is 2.33. The summed E-state index contributed by atoms with van der Waals surface area (Å²) in [7, 11) is 0. The molecule has 0 aromatic heterocycles. The van der Waals surface area contributed by atoms with Crippen LogP contribution in [0, 0.1) is 11.3 Å². The summed E-state index contributed by atoms with van der Waals surface area (Å²) in [4.78, 5) is 0. The van der Waals surface area contributed by atoms with Crippen LogP contribution in [0.5, 0.6) is 0 Å². The molecule has 3 nitrogen and oxygen atoms in total. The summed E-state index contributed by atoms with van der Waals surface area (Å²) in [5, 5.41) is 13.2. The van der Waals surface area contributed by atoms with E-state index in [0.717, 1.165) is 31.5 Å². The second kappa shape index (κ2) is 5.64. The minimum Gasteiger partial charge on any atom is -0.373 e. The van der Waals surface area contributed by atoms with Crippen molar-refractivity contribution in [2.45, 2.75) is 25.6 Å². The molecule has 1 aliphatic heterocycles. The Kier molecular flexibility index (Phi) is 3.92. The molecule has 0 atom stereocenters. The fraction of sp³-hybridized carbons (Fsp3) is 0.462. The maximum Gasteiger partial charge on any atom is 0.0995 e. The molecule has 0 N–H and O–H groups in total. The second-order valence-electron chi connectivity index (χ2n) is 3.95. The molecule has 0 saturated carbocycles. The molecule has 83 valence electrons. The molecule has 0 aliphatic carbocycles. The summed E-state index contributed by atoms with van der Waals surface area (Å²) in [6.45, 7) is 2.35. The highest BCUT2D eigenvalue weighted by Gasteiger charge is 2.14. The fourth-order valence-corrected chi connectivity index (χ4v) is 1.86. The minimum absolute atomic E-state index is 0.309. The Hall–Kier alpha value is -1.37. The van der Waals surface area contributed by atoms with Crippen molar-refractivity contribution in [1.82, 2.24) is 5.32 Å². The smallest absolute Gasteiger partial charge is 0.0995 e. The minimum atomic E-state index is 0.309. The zero-order chi connectivity index (χ0) is 11.2. The Morgan fingerprint density at radius 3 is 2.81 bits per heavy atom. The van der Waals surface area contributed by atoms with Crippen LogP contribution in [0.4, 0.5) is 0 Å². The van der Waals surface area contributed by atoms with E-state index in [9.17, 15) is 0 Å². The number of benzene rings is 1. The van der Waals surface area contributed by atoms with Crippen molar-refractivity contribution in [2.75, 3.05) is 13.1 Å². The third-order valence-corrected chi connectivity index (χ3v) is 2.83. The van der Waals surface area contributed by atoms with E-state index in [-0.39, 0.29) is 0 Å². The molecule has 1 fully saturated rings. The van der Waals surface area contributed by atoms with E-state index in [1.807, 2.05) is 24.3 Å². The van der Waals surface area contributed by atoms with Crippen molar-refractivity contribution in [2.24, 2.45) is 0 Å². The van der Waals surface area contributed by atoms with Crippen molar-refractivity contribution in [3.63, 3.8) is 0 Å². The van der Waals surface area contributed by atoms with Gasteiger partial charge in [0.1, 0.15) is 0 Å². The number of hydrogen-bond donors (Lipinski definition) is 0. The first-order chi connectivity index (χ1) is 7.90. The number of nitriles is 1. The second-order valence-corrected chi connectivity index (χ2v) is 3.95. The quantitative estimate of drug-likeness (QED) is 0.772. The first-order valence-corrected chi connectivity index (χ1v) is 5.63. The van der Waals surface area contributed by atoms with Gasteiger partial charge >= 0.3 is 0 Å². The zero-order valence-electron chi connectivity index (χ0n) is 9.22. The Morgan fingerprint density at radius 2 is 2.06 bits per heavy atom. The summed E-state index contributed by atoms with van der Waals surface area (Å²) in [5.41, 5.74) is 1.69. The van der Waals surface area contributed by atoms with E-state index in [4.69, 9.17) is 10.00 Å². The molecular formula is C13H15N2O. The van der Waals surface area contributed by atoms with Crippen LogP contribution in [0.3, 0.4) is 0 Å². The maximum absolute atomic E-state index is 8.93. The van der Waals surface area contributed by atoms with Gasteiger partial charge in [0.25, 0.3) is 0 Å². The van der Waals surface area contributed by atoms with Gasteiger partial charge in [-0.15, -0.1) is 0 Å². The molecule has 1 radical (unpaired) electrons. The molecule has 16 heavy (non-hydrogen) atoms. The molecule has 0 unspecified atom stereocenters. The molecule has 1 aromatic carbocycles. The third kappa shape index (κ3) is 2.82. The molecular weight excluding hydrogens is 200 g/mol. The van der Waals surface area contributed by atoms with Crippen molar-refractivity contribution in [1.29, 1.82) is 5.26 Å². The van der Waals surface area contributed by atoms with Crippen LogP contribution in [-0.2, 0) is 11.3 Å². The van der Waals surface area contributed by atoms with Gasteiger partial charge in [-0.05, 0) is 24.5 Å². The molecule has 1 saturated heterocycles. The average molecular weight is 215 g/mol. The lowest BCUT2D eigenvalue weighted by Crippen LogP contribution is -2.28. The summed E-state index contributed by atoms with van der Waals surface area (Å²) in [5.74, 6) is 0. The molecule has 0 amide bonds. The first-order valence-electron chi connectivity index (χ1n) is 5.63. The van der Waals surface area contributed by atoms with E-state index in [0.29, 0.717) is 18.3 Å². The van der Waals surface area contributed by atoms with Crippen LogP contribution in [-0.4, -0.2) is 19.2 Å². The Labute approximate surface area is 96.0 Å². The lowest BCUT2D eigenvalue weighted by molar-refractivity contribution is 0.0206. The molecule has 1 heterocycles. The van der Waals surface area contributed by atoms with Gasteiger partial charge in [-0.2, -0.15) is 5.26 Å². The number of rotatable bonds is 3. The van der Waals surface area contributed by atoms with Crippen LogP contribution >= 0.6 is 0 Å². The van der Waals surface area contributed by atoms with E-state index in [2.05, 4.69) is 11.4 Å². The van der Waals surface area contributed by atoms with Gasteiger partial charge < -0.3 is 4.74 Å². The van der Waals surface area contributed by atoms with Crippen LogP contribution in [0.15, 0.2) is 24.3 Å². The monoisotopic (exact) mass is 215 g/mol. The van der Waals surface area contributed by atoms with Gasteiger partial charge in [-0.1, -0.05) is 18.2 Å². The topological polar surface area (TPSA) is 47.1 Å². The number of ether oxygens (including phenoxy) is 1. The third-order valence-electron chi connectivity index (χ3n) is 2.83. The predicted octanol–water partition coefficient (Wildman–Crippen LogP) is 1.84. The highest BCUT2D eigenvalue weighted by atomic mass is 16.5. The van der Waals surface area contributed by atoms with Crippen LogP contribution in [0.1, 0.15) is 24.0 Å². The normalized spacial score (nSPS) is 16.9. The lowest BCUT2D eigenvalue weighted by atomic mass is 10.1. The van der Waals surface area contributed by atoms with Crippen LogP contribution < -0.4 is 5.32 Å². The van der Waals surface area contributed by atoms with Crippen molar-refractivity contribution in [3.8, 4) is 6.07 Å². The molecule has 3 heteroatoms. The number of hydrogen-bond acceptors (Lipinski definition) is 2. The molecule has 0 bridgehead atoms. The summed E-state index contributed by atoms with van der Waals surface area (Å²) in [6, 6.07) is 9.78. The van der Waals surface area contributed by atoms with E-state index in [1.54, 1.807) is 0 Å². The lowest BCUT2D eigenvalue weighted by Gasteiger charge is -2.22. The van der Waals surface area contributed by atoms with E-state index < -0.39 is 0 Å². The first kappa shape index (κ1) is 11.1. The summed E-state index contributed by atoms with van der Waals surface area (Å²) < 4.78 is 5.80. The standard InChI is InChI=1S/C13H15N2O/c14-9-11-3-1-2-4-12(11)10-16-13-5-7-15-8-6-13/h1-4,13H,5-8,10H2. The summed E-state index contributed by atoms with van der Waals surface area (Å²) >= 11 is 0. The largest absolute Gasteiger partial charge is 0.373 e. The SMILES string of the molecule is N#Cc1ccccc1COC1CC[N]CC1. The van der Waals surface area contributed by atoms with Crippen molar-refractivity contribution >= 4 is 0 Å². The Morgan fingerprint density at radius 1 is 1.31 bits per heavy atom. The maximum atomic E-state index is 8.93. The molecule has 0 spiro atoms. The molecule has 2 rings (SSSR count). The van der Waals surface area contributed by atoms with Crippen molar-refractivity contribution < 1.29 is 4.74 Å². The average Bonchev–Trinajstić information content (AvgIpc) is 2.38. The number of piperidine rings is 1. The Bertz CT molecular complexity index is 378. The zero-order valence-corrected chi connectivity index (χ0v) is 9.22. The van der Waals surface area contributed by atoms with Crippen LogP contribution in [0.2, 0.25) is 0 Å². The Balaban J connectivity index is 1.91. The van der Waals surface area contributed by atoms with Gasteiger partial charge in [0.2, 0.25) is 0 Å². The van der Waals surface area contributed by atoms with E-state index in [1.165, 1.54) is 0 Å². The fourth-order valence-electron chi connectivity index (χ4n) is 1.86. The predicted molar refractivity (Wildman–Crippen MR) is 60.8 cm³/mol. The molecule has 1 aromatic rings. The van der Waals surface area contributed by atoms with Gasteiger partial charge in [-0.25, -0.2) is 5.32 Å². The highest BCUT2D eigenvalue weighted by Crippen LogP contribution is 2.14. The van der Waals surface area contributed by atoms with Crippen LogP contribution in [0.25, 0.3) is 0 Å². The highest BCUT2D eigenvalue weighted by molar-refractivity contribution is 5.36. The van der Waals surface area contributed by atoms with Gasteiger partial charge in [0.05, 0.1) is 24.3 Å². The van der Waals surface area contributed by atoms with Gasteiger partial charge in [0.15, 0.2) is 0 Å². The molecule has 1 aliphatic rings. The van der Waals surface area contributed by atoms with Crippen molar-refractivity contribution in [3.05, 3.63) is 35.4 Å². The number of nitrogens with zero attached hydrogens (tertiary/aromatic N) is 2.